The van der Waals surface area contributed by atoms with Gasteiger partial charge in [-0.1, -0.05) is 56.5 Å². The zero-order chi connectivity index (χ0) is 12.0. The van der Waals surface area contributed by atoms with E-state index in [1.807, 2.05) is 37.3 Å². The minimum atomic E-state index is -0.726. The zero-order valence-electron chi connectivity index (χ0n) is 10.2. The number of hydrogen-bond donors (Lipinski definition) is 1. The molecule has 0 heterocycles. The minimum Gasteiger partial charge on any atom is -0.319 e. The Morgan fingerprint density at radius 2 is 1.88 bits per heavy atom. The molecule has 0 aliphatic rings. The van der Waals surface area contributed by atoms with Gasteiger partial charge in [-0.25, -0.2) is 0 Å². The molecule has 0 aromatic heterocycles. The molecule has 0 amide bonds. The molecule has 1 aromatic rings. The van der Waals surface area contributed by atoms with Crippen molar-refractivity contribution in [1.29, 1.82) is 0 Å². The summed E-state index contributed by atoms with van der Waals surface area (Å²) >= 11 is 0. The van der Waals surface area contributed by atoms with Crippen LogP contribution in [0.25, 0.3) is 0 Å². The van der Waals surface area contributed by atoms with E-state index in [-0.39, 0.29) is 5.78 Å². The molecule has 0 saturated carbocycles. The molecule has 2 heteroatoms. The second-order valence-corrected chi connectivity index (χ2v) is 4.57. The fourth-order valence-corrected chi connectivity index (χ4v) is 1.78. The molecule has 0 bridgehead atoms. The lowest BCUT2D eigenvalue weighted by molar-refractivity contribution is 0.0891. The Hall–Kier alpha value is -1.15. The lowest BCUT2D eigenvalue weighted by atomic mass is 9.87. The van der Waals surface area contributed by atoms with Gasteiger partial charge < -0.3 is 5.73 Å². The number of carbonyl (C=O) groups excluding carboxylic acids is 1. The highest BCUT2D eigenvalue weighted by molar-refractivity contribution is 6.02. The van der Waals surface area contributed by atoms with E-state index in [0.717, 1.165) is 25.7 Å². The minimum absolute atomic E-state index is 0.0456. The Kier molecular flexibility index (Phi) is 4.69. The summed E-state index contributed by atoms with van der Waals surface area (Å²) in [6, 6.07) is 9.30. The van der Waals surface area contributed by atoms with Gasteiger partial charge in [-0.3, -0.25) is 4.79 Å². The highest BCUT2D eigenvalue weighted by Crippen LogP contribution is 2.17. The third-order valence-electron chi connectivity index (χ3n) is 2.85. The first-order valence-electron chi connectivity index (χ1n) is 5.96. The molecule has 1 rings (SSSR count). The van der Waals surface area contributed by atoms with Gasteiger partial charge in [-0.2, -0.15) is 0 Å². The summed E-state index contributed by atoms with van der Waals surface area (Å²) < 4.78 is 0. The van der Waals surface area contributed by atoms with E-state index in [1.165, 1.54) is 0 Å². The van der Waals surface area contributed by atoms with Gasteiger partial charge in [-0.15, -0.1) is 0 Å². The fraction of sp³-hybridized carbons (Fsp3) is 0.500. The van der Waals surface area contributed by atoms with E-state index in [4.69, 9.17) is 5.73 Å². The molecule has 0 saturated heterocycles. The average Bonchev–Trinajstić information content (AvgIpc) is 2.29. The lowest BCUT2D eigenvalue weighted by Crippen LogP contribution is -2.44. The number of hydrogen-bond acceptors (Lipinski definition) is 2. The van der Waals surface area contributed by atoms with Gasteiger partial charge in [0.25, 0.3) is 0 Å². The number of rotatable bonds is 6. The van der Waals surface area contributed by atoms with Crippen LogP contribution in [-0.2, 0) is 0 Å². The Morgan fingerprint density at radius 1 is 1.25 bits per heavy atom. The van der Waals surface area contributed by atoms with Gasteiger partial charge in [0.15, 0.2) is 5.78 Å². The molecule has 0 spiro atoms. The first-order valence-corrected chi connectivity index (χ1v) is 5.96. The molecule has 1 atom stereocenters. The Labute approximate surface area is 97.9 Å². The number of nitrogens with two attached hydrogens (primary N) is 1. The lowest BCUT2D eigenvalue weighted by Gasteiger charge is -2.23. The van der Waals surface area contributed by atoms with Gasteiger partial charge in [0, 0.05) is 5.56 Å². The maximum Gasteiger partial charge on any atom is 0.182 e. The number of Topliss-reactive ketones (excluding diaryl/α,β-unsaturated/α-hetero) is 1. The molecule has 2 nitrogen and oxygen atoms in total. The predicted octanol–water partition coefficient (Wildman–Crippen LogP) is 3.17. The van der Waals surface area contributed by atoms with Crippen LogP contribution < -0.4 is 5.73 Å². The summed E-state index contributed by atoms with van der Waals surface area (Å²) in [6.07, 6.45) is 4.06. The van der Waals surface area contributed by atoms with Crippen molar-refractivity contribution in [3.05, 3.63) is 35.9 Å². The number of unbranched alkanes of at least 4 members (excludes halogenated alkanes) is 2. The maximum atomic E-state index is 12.1. The normalized spacial score (nSPS) is 14.4. The summed E-state index contributed by atoms with van der Waals surface area (Å²) in [5.74, 6) is 0.0456. The SMILES string of the molecule is CCCCCC(C)(N)C(=O)c1ccccc1. The van der Waals surface area contributed by atoms with Crippen LogP contribution in [0, 0.1) is 0 Å². The molecule has 1 aromatic carbocycles. The standard InChI is InChI=1S/C14H21NO/c1-3-4-8-11-14(2,15)13(16)12-9-6-5-7-10-12/h5-7,9-10H,3-4,8,11,15H2,1-2H3. The van der Waals surface area contributed by atoms with Crippen molar-refractivity contribution in [2.24, 2.45) is 5.73 Å². The van der Waals surface area contributed by atoms with Crippen molar-refractivity contribution >= 4 is 5.78 Å². The Bertz CT molecular complexity index is 330. The van der Waals surface area contributed by atoms with E-state index >= 15 is 0 Å². The van der Waals surface area contributed by atoms with Crippen LogP contribution in [0.2, 0.25) is 0 Å². The van der Waals surface area contributed by atoms with Gasteiger partial charge in [0.2, 0.25) is 0 Å². The van der Waals surface area contributed by atoms with Crippen LogP contribution in [0.1, 0.15) is 49.9 Å². The highest BCUT2D eigenvalue weighted by Gasteiger charge is 2.28. The Morgan fingerprint density at radius 3 is 2.44 bits per heavy atom. The second kappa shape index (κ2) is 5.80. The quantitative estimate of drug-likeness (QED) is 0.590. The van der Waals surface area contributed by atoms with Crippen LogP contribution in [-0.4, -0.2) is 11.3 Å². The van der Waals surface area contributed by atoms with Crippen LogP contribution in [0.15, 0.2) is 30.3 Å². The van der Waals surface area contributed by atoms with Crippen molar-refractivity contribution in [2.45, 2.75) is 45.1 Å². The van der Waals surface area contributed by atoms with Crippen LogP contribution >= 0.6 is 0 Å². The van der Waals surface area contributed by atoms with Crippen LogP contribution in [0.5, 0.6) is 0 Å². The van der Waals surface area contributed by atoms with Crippen LogP contribution in [0.4, 0.5) is 0 Å². The number of benzene rings is 1. The topological polar surface area (TPSA) is 43.1 Å². The molecule has 88 valence electrons. The summed E-state index contributed by atoms with van der Waals surface area (Å²) in [6.45, 7) is 3.98. The fourth-order valence-electron chi connectivity index (χ4n) is 1.78. The summed E-state index contributed by atoms with van der Waals surface area (Å²) in [7, 11) is 0. The molecule has 1 unspecified atom stereocenters. The number of ketones is 1. The molecule has 2 N–H and O–H groups in total. The second-order valence-electron chi connectivity index (χ2n) is 4.57. The summed E-state index contributed by atoms with van der Waals surface area (Å²) in [4.78, 5) is 12.1. The monoisotopic (exact) mass is 219 g/mol. The average molecular weight is 219 g/mol. The highest BCUT2D eigenvalue weighted by atomic mass is 16.1. The van der Waals surface area contributed by atoms with Crippen molar-refractivity contribution in [3.63, 3.8) is 0 Å². The predicted molar refractivity (Wildman–Crippen MR) is 67.5 cm³/mol. The largest absolute Gasteiger partial charge is 0.319 e. The first kappa shape index (κ1) is 12.9. The molecule has 0 fully saturated rings. The van der Waals surface area contributed by atoms with Gasteiger partial charge in [-0.05, 0) is 13.3 Å². The van der Waals surface area contributed by atoms with Crippen molar-refractivity contribution in [2.75, 3.05) is 0 Å². The van der Waals surface area contributed by atoms with Gasteiger partial charge in [0.1, 0.15) is 0 Å². The molecule has 0 radical (unpaired) electrons. The van der Waals surface area contributed by atoms with Crippen LogP contribution in [0.3, 0.4) is 0 Å². The van der Waals surface area contributed by atoms with Gasteiger partial charge in [0.05, 0.1) is 5.54 Å². The van der Waals surface area contributed by atoms with E-state index < -0.39 is 5.54 Å². The van der Waals surface area contributed by atoms with Crippen molar-refractivity contribution < 1.29 is 4.79 Å². The molecule has 0 aliphatic heterocycles. The number of carbonyl (C=O) groups is 1. The third-order valence-corrected chi connectivity index (χ3v) is 2.85. The zero-order valence-corrected chi connectivity index (χ0v) is 10.2. The van der Waals surface area contributed by atoms with E-state index in [2.05, 4.69) is 6.92 Å². The van der Waals surface area contributed by atoms with E-state index in [0.29, 0.717) is 5.56 Å². The molecular weight excluding hydrogens is 198 g/mol. The molecule has 0 aliphatic carbocycles. The smallest absolute Gasteiger partial charge is 0.182 e. The summed E-state index contributed by atoms with van der Waals surface area (Å²) in [5, 5.41) is 0. The van der Waals surface area contributed by atoms with E-state index in [9.17, 15) is 4.79 Å². The van der Waals surface area contributed by atoms with E-state index in [1.54, 1.807) is 0 Å². The third kappa shape index (κ3) is 3.46. The molecular formula is C14H21NO. The summed E-state index contributed by atoms with van der Waals surface area (Å²) in [5.41, 5.74) is 6.07. The first-order chi connectivity index (χ1) is 7.58. The maximum absolute atomic E-state index is 12.1. The van der Waals surface area contributed by atoms with Crippen molar-refractivity contribution in [1.82, 2.24) is 0 Å². The van der Waals surface area contributed by atoms with Gasteiger partial charge >= 0.3 is 0 Å². The molecule has 16 heavy (non-hydrogen) atoms. The van der Waals surface area contributed by atoms with Crippen molar-refractivity contribution in [3.8, 4) is 0 Å². The Balaban J connectivity index is 2.65.